The van der Waals surface area contributed by atoms with Gasteiger partial charge in [0.1, 0.15) is 0 Å². The molecule has 3 N–H and O–H groups in total. The maximum absolute atomic E-state index is 10.1. The molecule has 0 rings (SSSR count). The van der Waals surface area contributed by atoms with Crippen LogP contribution in [-0.4, -0.2) is 32.7 Å². The molecule has 0 saturated heterocycles. The zero-order chi connectivity index (χ0) is 9.07. The van der Waals surface area contributed by atoms with Crippen molar-refractivity contribution >= 4 is 15.2 Å². The van der Waals surface area contributed by atoms with Crippen molar-refractivity contribution in [1.82, 2.24) is 0 Å². The van der Waals surface area contributed by atoms with Gasteiger partial charge in [-0.1, -0.05) is 0 Å². The number of carboxylic acids is 1. The second-order valence-corrected chi connectivity index (χ2v) is 3.61. The molecule has 0 fully saturated rings. The maximum atomic E-state index is 10.1. The Balaban J connectivity index is 3.89. The number of carboxylic acid groups (broad SMARTS) is 1. The van der Waals surface area contributed by atoms with Gasteiger partial charge < -0.3 is 15.3 Å². The van der Waals surface area contributed by atoms with E-state index in [9.17, 15) is 9.90 Å². The summed E-state index contributed by atoms with van der Waals surface area (Å²) in [5.74, 6) is -1.83. The van der Waals surface area contributed by atoms with E-state index >= 15 is 0 Å². The predicted octanol–water partition coefficient (Wildman–Crippen LogP) is -0.204. The summed E-state index contributed by atoms with van der Waals surface area (Å²) in [6, 6.07) is 0. The fourth-order valence-electron chi connectivity index (χ4n) is 0.849. The Bertz CT molecular complexity index is 144. The van der Waals surface area contributed by atoms with Gasteiger partial charge in [-0.3, -0.25) is 4.79 Å². The lowest BCUT2D eigenvalue weighted by molar-refractivity contribution is -0.142. The standard InChI is InChI=1S/C6H13O4P/c1-6(10,2-4(7)8)3-5(9)11/h5,9-10H,2-3,11H2,1H3,(H,7,8)/t5?,6-/m0/s1. The molecule has 0 aliphatic rings. The Morgan fingerprint density at radius 1 is 1.73 bits per heavy atom. The van der Waals surface area contributed by atoms with Gasteiger partial charge in [0.05, 0.1) is 17.9 Å². The first-order valence-corrected chi connectivity index (χ1v) is 3.88. The van der Waals surface area contributed by atoms with Gasteiger partial charge >= 0.3 is 5.97 Å². The van der Waals surface area contributed by atoms with Crippen LogP contribution in [0.15, 0.2) is 0 Å². The molecule has 0 aromatic carbocycles. The number of hydrogen-bond acceptors (Lipinski definition) is 3. The molecule has 0 radical (unpaired) electrons. The van der Waals surface area contributed by atoms with Crippen LogP contribution in [0.1, 0.15) is 19.8 Å². The summed E-state index contributed by atoms with van der Waals surface area (Å²) >= 11 is 0. The minimum atomic E-state index is -1.33. The Hall–Kier alpha value is -0.180. The van der Waals surface area contributed by atoms with Crippen molar-refractivity contribution in [3.8, 4) is 0 Å². The molecule has 66 valence electrons. The quantitative estimate of drug-likeness (QED) is 0.523. The summed E-state index contributed by atoms with van der Waals surface area (Å²) in [4.78, 5) is 10.1. The molecule has 0 bridgehead atoms. The molecule has 4 nitrogen and oxygen atoms in total. The Labute approximate surface area is 67.4 Å². The van der Waals surface area contributed by atoms with E-state index in [0.717, 1.165) is 0 Å². The molecule has 0 aromatic rings. The van der Waals surface area contributed by atoms with Crippen molar-refractivity contribution in [3.05, 3.63) is 0 Å². The van der Waals surface area contributed by atoms with E-state index in [1.807, 2.05) is 0 Å². The first kappa shape index (κ1) is 10.8. The van der Waals surface area contributed by atoms with Crippen LogP contribution in [0.5, 0.6) is 0 Å². The zero-order valence-electron chi connectivity index (χ0n) is 6.32. The Morgan fingerprint density at radius 2 is 2.18 bits per heavy atom. The largest absolute Gasteiger partial charge is 0.481 e. The van der Waals surface area contributed by atoms with Gasteiger partial charge in [-0.25, -0.2) is 0 Å². The van der Waals surface area contributed by atoms with Gasteiger partial charge in [0.2, 0.25) is 0 Å². The third-order valence-corrected chi connectivity index (χ3v) is 1.42. The average molecular weight is 180 g/mol. The first-order chi connectivity index (χ1) is 4.83. The molecular formula is C6H13O4P. The van der Waals surface area contributed by atoms with Gasteiger partial charge in [0.25, 0.3) is 0 Å². The molecule has 0 aromatic heterocycles. The highest BCUT2D eigenvalue weighted by Crippen LogP contribution is 2.19. The van der Waals surface area contributed by atoms with E-state index in [1.165, 1.54) is 6.92 Å². The predicted molar refractivity (Wildman–Crippen MR) is 43.2 cm³/mol. The fourth-order valence-corrected chi connectivity index (χ4v) is 1.36. The van der Waals surface area contributed by atoms with Crippen LogP contribution in [-0.2, 0) is 4.79 Å². The van der Waals surface area contributed by atoms with Crippen LogP contribution < -0.4 is 0 Å². The van der Waals surface area contributed by atoms with Crippen LogP contribution in [0.3, 0.4) is 0 Å². The molecule has 11 heavy (non-hydrogen) atoms. The van der Waals surface area contributed by atoms with Crippen LogP contribution in [0.2, 0.25) is 0 Å². The maximum Gasteiger partial charge on any atom is 0.306 e. The van der Waals surface area contributed by atoms with Crippen molar-refractivity contribution < 1.29 is 20.1 Å². The molecular weight excluding hydrogens is 167 g/mol. The van der Waals surface area contributed by atoms with E-state index in [2.05, 4.69) is 9.24 Å². The van der Waals surface area contributed by atoms with Crippen LogP contribution in [0.25, 0.3) is 0 Å². The molecule has 0 heterocycles. The van der Waals surface area contributed by atoms with Crippen molar-refractivity contribution in [3.63, 3.8) is 0 Å². The van der Waals surface area contributed by atoms with Gasteiger partial charge in [0.15, 0.2) is 0 Å². The van der Waals surface area contributed by atoms with Gasteiger partial charge in [-0.15, -0.1) is 9.24 Å². The second kappa shape index (κ2) is 4.00. The summed E-state index contributed by atoms with van der Waals surface area (Å²) in [5.41, 5.74) is -1.33. The highest BCUT2D eigenvalue weighted by molar-refractivity contribution is 7.17. The molecule has 0 amide bonds. The monoisotopic (exact) mass is 180 g/mol. The van der Waals surface area contributed by atoms with Crippen molar-refractivity contribution in [2.24, 2.45) is 0 Å². The van der Waals surface area contributed by atoms with Crippen molar-refractivity contribution in [1.29, 1.82) is 0 Å². The number of aliphatic hydroxyl groups is 2. The van der Waals surface area contributed by atoms with E-state index in [1.54, 1.807) is 0 Å². The van der Waals surface area contributed by atoms with Gasteiger partial charge in [-0.05, 0) is 6.92 Å². The topological polar surface area (TPSA) is 77.8 Å². The van der Waals surface area contributed by atoms with E-state index in [4.69, 9.17) is 10.2 Å². The number of aliphatic carboxylic acids is 1. The Morgan fingerprint density at radius 3 is 2.45 bits per heavy atom. The normalized spacial score (nSPS) is 18.9. The summed E-state index contributed by atoms with van der Waals surface area (Å²) in [5, 5.41) is 26.4. The SMILES string of the molecule is C[C@](O)(CC(=O)O)CC(O)P. The van der Waals surface area contributed by atoms with Crippen molar-refractivity contribution in [2.45, 2.75) is 31.2 Å². The lowest BCUT2D eigenvalue weighted by Crippen LogP contribution is -2.30. The number of hydrogen-bond donors (Lipinski definition) is 3. The lowest BCUT2D eigenvalue weighted by Gasteiger charge is -2.22. The van der Waals surface area contributed by atoms with E-state index in [0.29, 0.717) is 0 Å². The minimum Gasteiger partial charge on any atom is -0.481 e. The summed E-state index contributed by atoms with van der Waals surface area (Å²) in [7, 11) is 2.08. The number of carbonyl (C=O) groups is 1. The number of rotatable bonds is 4. The lowest BCUT2D eigenvalue weighted by atomic mass is 9.99. The summed E-state index contributed by atoms with van der Waals surface area (Å²) in [6.07, 6.45) is -0.303. The molecule has 0 spiro atoms. The van der Waals surface area contributed by atoms with Gasteiger partial charge in [-0.2, -0.15) is 0 Å². The van der Waals surface area contributed by atoms with E-state index < -0.39 is 17.4 Å². The smallest absolute Gasteiger partial charge is 0.306 e. The van der Waals surface area contributed by atoms with E-state index in [-0.39, 0.29) is 12.8 Å². The highest BCUT2D eigenvalue weighted by atomic mass is 31.0. The minimum absolute atomic E-state index is 0.0456. The molecule has 2 unspecified atom stereocenters. The molecule has 3 atom stereocenters. The molecule has 0 aliphatic carbocycles. The van der Waals surface area contributed by atoms with Gasteiger partial charge in [0, 0.05) is 6.42 Å². The van der Waals surface area contributed by atoms with Crippen LogP contribution in [0.4, 0.5) is 0 Å². The zero-order valence-corrected chi connectivity index (χ0v) is 7.47. The third kappa shape index (κ3) is 6.23. The summed E-state index contributed by atoms with van der Waals surface area (Å²) in [6.45, 7) is 1.38. The molecule has 0 aliphatic heterocycles. The highest BCUT2D eigenvalue weighted by Gasteiger charge is 2.25. The first-order valence-electron chi connectivity index (χ1n) is 3.21. The molecule has 0 saturated carbocycles. The molecule has 5 heteroatoms. The van der Waals surface area contributed by atoms with Crippen LogP contribution in [0, 0.1) is 0 Å². The number of aliphatic hydroxyl groups excluding tert-OH is 1. The Kier molecular flexibility index (Phi) is 3.93. The van der Waals surface area contributed by atoms with Crippen LogP contribution >= 0.6 is 9.24 Å². The second-order valence-electron chi connectivity index (χ2n) is 2.84. The third-order valence-electron chi connectivity index (χ3n) is 1.18. The summed E-state index contributed by atoms with van der Waals surface area (Å²) < 4.78 is 0. The average Bonchev–Trinajstić information content (AvgIpc) is 1.53. The van der Waals surface area contributed by atoms with Crippen molar-refractivity contribution in [2.75, 3.05) is 0 Å². The fraction of sp³-hybridized carbons (Fsp3) is 0.833.